The molecule has 5 rings (SSSR count). The van der Waals surface area contributed by atoms with Crippen LogP contribution in [0.5, 0.6) is 0 Å². The highest BCUT2D eigenvalue weighted by Gasteiger charge is 2.25. The van der Waals surface area contributed by atoms with Gasteiger partial charge in [0.05, 0.1) is 30.4 Å². The summed E-state index contributed by atoms with van der Waals surface area (Å²) in [7, 11) is 0. The highest BCUT2D eigenvalue weighted by atomic mass is 19.1. The molecule has 1 atom stereocenters. The molecule has 1 saturated heterocycles. The fourth-order valence-electron chi connectivity index (χ4n) is 5.15. The molecule has 200 valence electrons. The first-order valence-electron chi connectivity index (χ1n) is 13.2. The van der Waals surface area contributed by atoms with Gasteiger partial charge in [-0.2, -0.15) is 10.4 Å². The number of aromatic nitrogens is 4. The van der Waals surface area contributed by atoms with Gasteiger partial charge in [0.1, 0.15) is 11.6 Å². The van der Waals surface area contributed by atoms with Crippen molar-refractivity contribution in [2.24, 2.45) is 5.92 Å². The predicted molar refractivity (Wildman–Crippen MR) is 146 cm³/mol. The number of hydrogen-bond acceptors (Lipinski definition) is 6. The minimum atomic E-state index is -0.556. The molecule has 1 fully saturated rings. The molecular weight excluding hydrogens is 496 g/mol. The number of halogens is 2. The molecule has 0 radical (unpaired) electrons. The fourth-order valence-corrected chi connectivity index (χ4v) is 5.15. The van der Waals surface area contributed by atoms with E-state index in [0.717, 1.165) is 60.9 Å². The number of nitriles is 1. The van der Waals surface area contributed by atoms with Crippen LogP contribution in [0.4, 0.5) is 20.4 Å². The van der Waals surface area contributed by atoms with E-state index in [2.05, 4.69) is 26.4 Å². The van der Waals surface area contributed by atoms with Crippen molar-refractivity contribution in [3.8, 4) is 17.3 Å². The van der Waals surface area contributed by atoms with Gasteiger partial charge >= 0.3 is 0 Å². The van der Waals surface area contributed by atoms with E-state index in [-0.39, 0.29) is 6.04 Å². The molecule has 1 aliphatic rings. The highest BCUT2D eigenvalue weighted by Crippen LogP contribution is 2.31. The standard InChI is InChI=1S/C30H31F2N7/c1-21-17-34-30(36-26-5-3-2-4-6-26)37-29(21)24-18-35-39(20-24)27(9-12-33)15-22-10-13-38(14-11-22)19-23-7-8-25(31)16-28(23)32/h2-8,16-18,20,22,27H,9-11,13-15,19H2,1H3,(H,34,36,37). The maximum atomic E-state index is 14.1. The van der Waals surface area contributed by atoms with Crippen LogP contribution in [-0.4, -0.2) is 37.7 Å². The second-order valence-corrected chi connectivity index (χ2v) is 10.1. The van der Waals surface area contributed by atoms with E-state index in [1.54, 1.807) is 12.4 Å². The number of nitrogens with one attached hydrogen (secondary N) is 1. The Balaban J connectivity index is 1.23. The zero-order chi connectivity index (χ0) is 27.2. The Bertz CT molecular complexity index is 1440. The second-order valence-electron chi connectivity index (χ2n) is 10.1. The topological polar surface area (TPSA) is 82.7 Å². The van der Waals surface area contributed by atoms with E-state index in [9.17, 15) is 14.0 Å². The Morgan fingerprint density at radius 1 is 1.10 bits per heavy atom. The molecule has 0 bridgehead atoms. The Hall–Kier alpha value is -4.16. The molecule has 2 aromatic carbocycles. The van der Waals surface area contributed by atoms with E-state index in [1.807, 2.05) is 48.1 Å². The van der Waals surface area contributed by atoms with Crippen LogP contribution in [0.3, 0.4) is 0 Å². The summed E-state index contributed by atoms with van der Waals surface area (Å²) in [4.78, 5) is 11.4. The molecule has 9 heteroatoms. The lowest BCUT2D eigenvalue weighted by molar-refractivity contribution is 0.158. The van der Waals surface area contributed by atoms with Crippen LogP contribution in [0.15, 0.2) is 67.1 Å². The van der Waals surface area contributed by atoms with Gasteiger partial charge in [0.15, 0.2) is 0 Å². The van der Waals surface area contributed by atoms with Crippen LogP contribution in [0.25, 0.3) is 11.3 Å². The van der Waals surface area contributed by atoms with E-state index in [4.69, 9.17) is 4.98 Å². The molecular formula is C30H31F2N7. The van der Waals surface area contributed by atoms with Crippen LogP contribution in [0.2, 0.25) is 0 Å². The van der Waals surface area contributed by atoms with Crippen molar-refractivity contribution in [3.05, 3.63) is 89.9 Å². The van der Waals surface area contributed by atoms with Crippen LogP contribution >= 0.6 is 0 Å². The summed E-state index contributed by atoms with van der Waals surface area (Å²) in [6.45, 7) is 4.12. The molecule has 3 heterocycles. The zero-order valence-electron chi connectivity index (χ0n) is 21.9. The molecule has 4 aromatic rings. The van der Waals surface area contributed by atoms with Crippen molar-refractivity contribution < 1.29 is 8.78 Å². The third-order valence-corrected chi connectivity index (χ3v) is 7.30. The first-order chi connectivity index (χ1) is 19.0. The first kappa shape index (κ1) is 26.4. The summed E-state index contributed by atoms with van der Waals surface area (Å²) in [5.41, 5.74) is 4.04. The third kappa shape index (κ3) is 6.65. The maximum Gasteiger partial charge on any atom is 0.227 e. The number of anilines is 2. The van der Waals surface area contributed by atoms with Gasteiger partial charge in [0.2, 0.25) is 5.95 Å². The molecule has 1 N–H and O–H groups in total. The van der Waals surface area contributed by atoms with Gasteiger partial charge in [0.25, 0.3) is 0 Å². The van der Waals surface area contributed by atoms with E-state index in [0.29, 0.717) is 30.4 Å². The molecule has 1 aliphatic heterocycles. The number of rotatable bonds is 9. The van der Waals surface area contributed by atoms with Gasteiger partial charge in [0, 0.05) is 41.8 Å². The lowest BCUT2D eigenvalue weighted by Crippen LogP contribution is -2.34. The molecule has 1 unspecified atom stereocenters. The maximum absolute atomic E-state index is 14.1. The second kappa shape index (κ2) is 12.1. The van der Waals surface area contributed by atoms with Crippen molar-refractivity contribution in [2.45, 2.75) is 45.2 Å². The molecule has 39 heavy (non-hydrogen) atoms. The number of piperidine rings is 1. The molecule has 0 aliphatic carbocycles. The summed E-state index contributed by atoms with van der Waals surface area (Å²) in [6, 6.07) is 15.8. The van der Waals surface area contributed by atoms with Crippen molar-refractivity contribution in [1.29, 1.82) is 5.26 Å². The summed E-state index contributed by atoms with van der Waals surface area (Å²) >= 11 is 0. The van der Waals surface area contributed by atoms with Crippen molar-refractivity contribution >= 4 is 11.6 Å². The summed E-state index contributed by atoms with van der Waals surface area (Å²) in [6.07, 6.45) is 8.69. The molecule has 7 nitrogen and oxygen atoms in total. The minimum Gasteiger partial charge on any atom is -0.324 e. The summed E-state index contributed by atoms with van der Waals surface area (Å²) in [5.74, 6) is -0.106. The van der Waals surface area contributed by atoms with Crippen molar-refractivity contribution in [3.63, 3.8) is 0 Å². The van der Waals surface area contributed by atoms with Gasteiger partial charge in [-0.05, 0) is 69.0 Å². The van der Waals surface area contributed by atoms with E-state index >= 15 is 0 Å². The first-order valence-corrected chi connectivity index (χ1v) is 13.2. The molecule has 2 aromatic heterocycles. The predicted octanol–water partition coefficient (Wildman–Crippen LogP) is 6.43. The Kier molecular flexibility index (Phi) is 8.23. The van der Waals surface area contributed by atoms with Crippen LogP contribution in [0, 0.1) is 35.8 Å². The Morgan fingerprint density at radius 2 is 1.90 bits per heavy atom. The summed E-state index contributed by atoms with van der Waals surface area (Å²) < 4.78 is 29.2. The average Bonchev–Trinajstić information content (AvgIpc) is 3.43. The summed E-state index contributed by atoms with van der Waals surface area (Å²) in [5, 5.41) is 17.4. The number of likely N-dealkylation sites (tertiary alicyclic amines) is 1. The van der Waals surface area contributed by atoms with E-state index in [1.165, 1.54) is 12.1 Å². The molecule has 0 spiro atoms. The molecule has 0 amide bonds. The normalized spacial score (nSPS) is 15.1. The largest absolute Gasteiger partial charge is 0.324 e. The Morgan fingerprint density at radius 3 is 2.64 bits per heavy atom. The van der Waals surface area contributed by atoms with Gasteiger partial charge in [-0.15, -0.1) is 0 Å². The number of para-hydroxylation sites is 1. The number of hydrogen-bond donors (Lipinski definition) is 1. The SMILES string of the molecule is Cc1cnc(Nc2ccccc2)nc1-c1cnn(C(CC#N)CC2CCN(Cc3ccc(F)cc3F)CC2)c1. The average molecular weight is 528 g/mol. The van der Waals surface area contributed by atoms with Crippen LogP contribution < -0.4 is 5.32 Å². The lowest BCUT2D eigenvalue weighted by atomic mass is 9.89. The van der Waals surface area contributed by atoms with Gasteiger partial charge in [-0.25, -0.2) is 18.7 Å². The number of aryl methyl sites for hydroxylation is 1. The smallest absolute Gasteiger partial charge is 0.227 e. The van der Waals surface area contributed by atoms with E-state index < -0.39 is 11.6 Å². The Labute approximate surface area is 227 Å². The van der Waals surface area contributed by atoms with Crippen LogP contribution in [-0.2, 0) is 6.54 Å². The third-order valence-electron chi connectivity index (χ3n) is 7.30. The molecule has 0 saturated carbocycles. The number of nitrogens with zero attached hydrogens (tertiary/aromatic N) is 6. The zero-order valence-corrected chi connectivity index (χ0v) is 21.9. The minimum absolute atomic E-state index is 0.0427. The quantitative estimate of drug-likeness (QED) is 0.270. The van der Waals surface area contributed by atoms with Gasteiger partial charge in [-0.1, -0.05) is 24.3 Å². The van der Waals surface area contributed by atoms with Gasteiger partial charge < -0.3 is 5.32 Å². The van der Waals surface area contributed by atoms with Gasteiger partial charge in [-0.3, -0.25) is 9.58 Å². The van der Waals surface area contributed by atoms with Crippen molar-refractivity contribution in [1.82, 2.24) is 24.6 Å². The van der Waals surface area contributed by atoms with Crippen molar-refractivity contribution in [2.75, 3.05) is 18.4 Å². The highest BCUT2D eigenvalue weighted by molar-refractivity contribution is 5.63. The van der Waals surface area contributed by atoms with Crippen LogP contribution in [0.1, 0.15) is 42.9 Å². The number of benzene rings is 2. The lowest BCUT2D eigenvalue weighted by Gasteiger charge is -2.33. The monoisotopic (exact) mass is 527 g/mol. The fraction of sp³-hybridized carbons (Fsp3) is 0.333.